The SMILES string of the molecule is O=C(Cn1c(SC(F)F)nc2ccccc21)Nc1ccc(CN2CCOCC2)cc1. The Bertz CT molecular complexity index is 1000. The first-order valence-electron chi connectivity index (χ1n) is 9.67. The van der Waals surface area contributed by atoms with Crippen molar-refractivity contribution < 1.29 is 18.3 Å². The van der Waals surface area contributed by atoms with Crippen LogP contribution in [0.25, 0.3) is 11.0 Å². The number of alkyl halides is 2. The number of thioether (sulfide) groups is 1. The molecule has 4 rings (SSSR count). The standard InChI is InChI=1S/C21H22F2N4O2S/c22-20(23)30-21-25-17-3-1-2-4-18(17)27(21)14-19(28)24-16-7-5-15(6-8-16)13-26-9-11-29-12-10-26/h1-8,20H,9-14H2,(H,24,28). The molecule has 1 aromatic heterocycles. The predicted octanol–water partition coefficient (Wildman–Crippen LogP) is 3.82. The summed E-state index contributed by atoms with van der Waals surface area (Å²) in [5.74, 6) is -2.90. The minimum absolute atomic E-state index is 0.0922. The number of nitrogens with one attached hydrogen (secondary N) is 1. The van der Waals surface area contributed by atoms with Crippen LogP contribution in [0.15, 0.2) is 53.7 Å². The third kappa shape index (κ3) is 5.16. The molecule has 0 bridgehead atoms. The lowest BCUT2D eigenvalue weighted by Gasteiger charge is -2.26. The summed E-state index contributed by atoms with van der Waals surface area (Å²) >= 11 is 0.342. The summed E-state index contributed by atoms with van der Waals surface area (Å²) in [4.78, 5) is 19.1. The van der Waals surface area contributed by atoms with Crippen molar-refractivity contribution in [2.75, 3.05) is 31.6 Å². The van der Waals surface area contributed by atoms with Gasteiger partial charge in [0, 0.05) is 25.3 Å². The van der Waals surface area contributed by atoms with E-state index in [1.54, 1.807) is 24.3 Å². The number of halogens is 2. The zero-order valence-electron chi connectivity index (χ0n) is 16.3. The average Bonchev–Trinajstić information content (AvgIpc) is 3.06. The van der Waals surface area contributed by atoms with Crippen LogP contribution in [-0.4, -0.2) is 52.4 Å². The molecule has 0 saturated carbocycles. The number of carbonyl (C=O) groups excluding carboxylic acids is 1. The van der Waals surface area contributed by atoms with Gasteiger partial charge in [0.2, 0.25) is 5.91 Å². The van der Waals surface area contributed by atoms with Gasteiger partial charge in [0.05, 0.1) is 24.2 Å². The van der Waals surface area contributed by atoms with Gasteiger partial charge >= 0.3 is 0 Å². The Morgan fingerprint density at radius 1 is 1.13 bits per heavy atom. The minimum atomic E-state index is -2.61. The third-order valence-electron chi connectivity index (χ3n) is 4.86. The Hall–Kier alpha value is -2.49. The molecule has 1 N–H and O–H groups in total. The molecule has 0 radical (unpaired) electrons. The largest absolute Gasteiger partial charge is 0.379 e. The molecule has 1 aliphatic rings. The van der Waals surface area contributed by atoms with Gasteiger partial charge in [-0.05, 0) is 41.6 Å². The van der Waals surface area contributed by atoms with Gasteiger partial charge < -0.3 is 14.6 Å². The number of benzene rings is 2. The second kappa shape index (κ2) is 9.55. The molecule has 30 heavy (non-hydrogen) atoms. The highest BCUT2D eigenvalue weighted by Crippen LogP contribution is 2.28. The van der Waals surface area contributed by atoms with E-state index in [4.69, 9.17) is 4.74 Å². The maximum absolute atomic E-state index is 12.9. The molecule has 3 aromatic rings. The molecule has 0 unspecified atom stereocenters. The van der Waals surface area contributed by atoms with Gasteiger partial charge in [0.15, 0.2) is 5.16 Å². The van der Waals surface area contributed by atoms with Crippen molar-refractivity contribution >= 4 is 34.4 Å². The predicted molar refractivity (Wildman–Crippen MR) is 113 cm³/mol. The molecule has 1 fully saturated rings. The molecule has 0 aliphatic carbocycles. The van der Waals surface area contributed by atoms with E-state index in [2.05, 4.69) is 15.2 Å². The van der Waals surface area contributed by atoms with Gasteiger partial charge in [-0.25, -0.2) is 4.98 Å². The Morgan fingerprint density at radius 2 is 1.87 bits per heavy atom. The van der Waals surface area contributed by atoms with E-state index >= 15 is 0 Å². The molecular formula is C21H22F2N4O2S. The van der Waals surface area contributed by atoms with Gasteiger partial charge in [-0.1, -0.05) is 24.3 Å². The minimum Gasteiger partial charge on any atom is -0.379 e. The number of amides is 1. The first kappa shape index (κ1) is 20.8. The molecule has 2 heterocycles. The first-order valence-corrected chi connectivity index (χ1v) is 10.6. The maximum atomic E-state index is 12.9. The average molecular weight is 432 g/mol. The number of ether oxygens (including phenoxy) is 1. The van der Waals surface area contributed by atoms with Crippen LogP contribution in [0, 0.1) is 0 Å². The number of imidazole rings is 1. The van der Waals surface area contributed by atoms with Crippen LogP contribution in [0.4, 0.5) is 14.5 Å². The van der Waals surface area contributed by atoms with E-state index in [1.807, 2.05) is 24.3 Å². The Labute approximate surface area is 177 Å². The fourth-order valence-electron chi connectivity index (χ4n) is 3.43. The second-order valence-corrected chi connectivity index (χ2v) is 7.94. The summed E-state index contributed by atoms with van der Waals surface area (Å²) in [5, 5.41) is 2.97. The number of carbonyl (C=O) groups is 1. The van der Waals surface area contributed by atoms with E-state index in [1.165, 1.54) is 4.57 Å². The molecular weight excluding hydrogens is 410 g/mol. The van der Waals surface area contributed by atoms with E-state index in [-0.39, 0.29) is 17.6 Å². The van der Waals surface area contributed by atoms with Gasteiger partial charge in [-0.2, -0.15) is 8.78 Å². The molecule has 0 atom stereocenters. The molecule has 1 saturated heterocycles. The third-order valence-corrected chi connectivity index (χ3v) is 5.56. The van der Waals surface area contributed by atoms with Crippen molar-refractivity contribution in [1.82, 2.24) is 14.5 Å². The lowest BCUT2D eigenvalue weighted by atomic mass is 10.2. The molecule has 9 heteroatoms. The summed E-state index contributed by atoms with van der Waals surface area (Å²) in [6.07, 6.45) is 0. The summed E-state index contributed by atoms with van der Waals surface area (Å²) in [7, 11) is 0. The number of morpholine rings is 1. The molecule has 158 valence electrons. The monoisotopic (exact) mass is 432 g/mol. The van der Waals surface area contributed by atoms with Crippen LogP contribution in [0.2, 0.25) is 0 Å². The lowest BCUT2D eigenvalue weighted by Crippen LogP contribution is -2.35. The highest BCUT2D eigenvalue weighted by molar-refractivity contribution is 7.99. The number of fused-ring (bicyclic) bond motifs is 1. The summed E-state index contributed by atoms with van der Waals surface area (Å²) in [6, 6.07) is 14.8. The Morgan fingerprint density at radius 3 is 2.60 bits per heavy atom. The number of aromatic nitrogens is 2. The highest BCUT2D eigenvalue weighted by atomic mass is 32.2. The van der Waals surface area contributed by atoms with Crippen LogP contribution in [0.3, 0.4) is 0 Å². The highest BCUT2D eigenvalue weighted by Gasteiger charge is 2.18. The molecule has 6 nitrogen and oxygen atoms in total. The molecule has 1 amide bonds. The van der Waals surface area contributed by atoms with Gasteiger partial charge in [0.1, 0.15) is 6.54 Å². The lowest BCUT2D eigenvalue weighted by molar-refractivity contribution is -0.116. The van der Waals surface area contributed by atoms with E-state index in [9.17, 15) is 13.6 Å². The summed E-state index contributed by atoms with van der Waals surface area (Å²) < 4.78 is 32.7. The van der Waals surface area contributed by atoms with Crippen molar-refractivity contribution in [3.05, 3.63) is 54.1 Å². The van der Waals surface area contributed by atoms with Crippen molar-refractivity contribution in [3.63, 3.8) is 0 Å². The quantitative estimate of drug-likeness (QED) is 0.575. The topological polar surface area (TPSA) is 59.4 Å². The van der Waals surface area contributed by atoms with Crippen molar-refractivity contribution in [2.24, 2.45) is 0 Å². The number of rotatable bonds is 7. The van der Waals surface area contributed by atoms with Crippen LogP contribution >= 0.6 is 11.8 Å². The van der Waals surface area contributed by atoms with E-state index in [0.29, 0.717) is 28.5 Å². The fourth-order valence-corrected chi connectivity index (χ4v) is 4.03. The zero-order valence-corrected chi connectivity index (χ0v) is 17.1. The van der Waals surface area contributed by atoms with Gasteiger partial charge in [-0.15, -0.1) is 0 Å². The zero-order chi connectivity index (χ0) is 20.9. The van der Waals surface area contributed by atoms with Crippen LogP contribution in [0.1, 0.15) is 5.56 Å². The van der Waals surface area contributed by atoms with Gasteiger partial charge in [-0.3, -0.25) is 9.69 Å². The Balaban J connectivity index is 1.42. The molecule has 2 aromatic carbocycles. The van der Waals surface area contributed by atoms with Crippen LogP contribution in [0.5, 0.6) is 0 Å². The maximum Gasteiger partial charge on any atom is 0.291 e. The van der Waals surface area contributed by atoms with Crippen molar-refractivity contribution in [1.29, 1.82) is 0 Å². The summed E-state index contributed by atoms with van der Waals surface area (Å²) in [5.41, 5.74) is 3.06. The van der Waals surface area contributed by atoms with E-state index in [0.717, 1.165) is 38.4 Å². The number of anilines is 1. The van der Waals surface area contributed by atoms with Crippen LogP contribution < -0.4 is 5.32 Å². The van der Waals surface area contributed by atoms with Crippen molar-refractivity contribution in [3.8, 4) is 0 Å². The molecule has 1 aliphatic heterocycles. The first-order chi connectivity index (χ1) is 14.6. The van der Waals surface area contributed by atoms with Crippen molar-refractivity contribution in [2.45, 2.75) is 24.0 Å². The van der Waals surface area contributed by atoms with Gasteiger partial charge in [0.25, 0.3) is 5.76 Å². The summed E-state index contributed by atoms with van der Waals surface area (Å²) in [6.45, 7) is 4.08. The normalized spacial score (nSPS) is 15.0. The smallest absolute Gasteiger partial charge is 0.291 e. The number of hydrogen-bond acceptors (Lipinski definition) is 5. The number of nitrogens with zero attached hydrogens (tertiary/aromatic N) is 3. The number of hydrogen-bond donors (Lipinski definition) is 1. The second-order valence-electron chi connectivity index (χ2n) is 6.98. The number of para-hydroxylation sites is 2. The fraction of sp³-hybridized carbons (Fsp3) is 0.333. The van der Waals surface area contributed by atoms with Crippen LogP contribution in [-0.2, 0) is 22.6 Å². The molecule has 0 spiro atoms. The van der Waals surface area contributed by atoms with E-state index < -0.39 is 5.76 Å². The Kier molecular flexibility index (Phi) is 6.61.